The molecular weight excluding hydrogens is 359 g/mol. The molecule has 2 aromatic carbocycles. The third kappa shape index (κ3) is 4.42. The maximum atomic E-state index is 12.6. The summed E-state index contributed by atoms with van der Waals surface area (Å²) in [5.74, 6) is 0.998. The molecule has 0 fully saturated rings. The third-order valence-corrected chi connectivity index (χ3v) is 4.18. The molecule has 0 unspecified atom stereocenters. The topological polar surface area (TPSA) is 47.6 Å². The van der Waals surface area contributed by atoms with Crippen molar-refractivity contribution in [3.8, 4) is 17.2 Å². The first-order chi connectivity index (χ1) is 12.8. The first-order valence-corrected chi connectivity index (χ1v) is 8.35. The summed E-state index contributed by atoms with van der Waals surface area (Å²) in [6.07, 6.45) is -2.68. The number of carbonyl (C=O) groups is 1. The molecule has 4 nitrogen and oxygen atoms in total. The fourth-order valence-corrected chi connectivity index (χ4v) is 2.91. The van der Waals surface area contributed by atoms with Crippen LogP contribution >= 0.6 is 0 Å². The molecule has 0 saturated carbocycles. The molecule has 3 rings (SSSR count). The molecule has 142 valence electrons. The minimum absolute atomic E-state index is 0.117. The molecule has 0 aromatic heterocycles. The van der Waals surface area contributed by atoms with Crippen LogP contribution in [0, 0.1) is 0 Å². The monoisotopic (exact) mass is 377 g/mol. The number of fused-ring (bicyclic) bond motifs is 1. The van der Waals surface area contributed by atoms with Gasteiger partial charge in [-0.05, 0) is 49.4 Å². The van der Waals surface area contributed by atoms with Gasteiger partial charge in [-0.25, -0.2) is 0 Å². The molecule has 1 aliphatic heterocycles. The second kappa shape index (κ2) is 7.34. The number of ether oxygens (including phenoxy) is 2. The van der Waals surface area contributed by atoms with E-state index in [9.17, 15) is 18.0 Å². The van der Waals surface area contributed by atoms with Crippen LogP contribution in [0.4, 0.5) is 13.2 Å². The molecule has 7 heteroatoms. The SMILES string of the molecule is C=CC(=O)N[C@H]1C[C@@H](C)Oc2cc(Oc3ccc(C(F)(F)F)cc3)ccc21. The van der Waals surface area contributed by atoms with Crippen molar-refractivity contribution >= 4 is 5.91 Å². The number of hydrogen-bond acceptors (Lipinski definition) is 3. The van der Waals surface area contributed by atoms with Crippen LogP contribution in [-0.4, -0.2) is 12.0 Å². The smallest absolute Gasteiger partial charge is 0.416 e. The highest BCUT2D eigenvalue weighted by Gasteiger charge is 2.30. The number of hydrogen-bond donors (Lipinski definition) is 1. The van der Waals surface area contributed by atoms with E-state index in [0.717, 1.165) is 17.7 Å². The Morgan fingerprint density at radius 3 is 2.52 bits per heavy atom. The average molecular weight is 377 g/mol. The molecule has 1 heterocycles. The lowest BCUT2D eigenvalue weighted by Gasteiger charge is -2.31. The molecule has 0 spiro atoms. The summed E-state index contributed by atoms with van der Waals surface area (Å²) in [5.41, 5.74) is 0.0707. The first kappa shape index (κ1) is 18.8. The molecule has 0 bridgehead atoms. The van der Waals surface area contributed by atoms with Crippen molar-refractivity contribution in [2.24, 2.45) is 0 Å². The van der Waals surface area contributed by atoms with Crippen molar-refractivity contribution in [3.63, 3.8) is 0 Å². The van der Waals surface area contributed by atoms with E-state index in [1.54, 1.807) is 18.2 Å². The van der Waals surface area contributed by atoms with Gasteiger partial charge >= 0.3 is 6.18 Å². The second-order valence-electron chi connectivity index (χ2n) is 6.25. The molecule has 2 atom stereocenters. The van der Waals surface area contributed by atoms with Crippen molar-refractivity contribution in [1.82, 2.24) is 5.32 Å². The number of alkyl halides is 3. The van der Waals surface area contributed by atoms with Crippen LogP contribution in [0.25, 0.3) is 0 Å². The van der Waals surface area contributed by atoms with Gasteiger partial charge in [0.1, 0.15) is 17.2 Å². The van der Waals surface area contributed by atoms with Gasteiger partial charge < -0.3 is 14.8 Å². The summed E-state index contributed by atoms with van der Waals surface area (Å²) in [6.45, 7) is 5.34. The van der Waals surface area contributed by atoms with E-state index in [2.05, 4.69) is 11.9 Å². The van der Waals surface area contributed by atoms with Gasteiger partial charge in [0.05, 0.1) is 17.7 Å². The predicted molar refractivity (Wildman–Crippen MR) is 93.7 cm³/mol. The van der Waals surface area contributed by atoms with Crippen LogP contribution < -0.4 is 14.8 Å². The van der Waals surface area contributed by atoms with Crippen LogP contribution in [0.1, 0.15) is 30.5 Å². The van der Waals surface area contributed by atoms with Crippen LogP contribution in [0.5, 0.6) is 17.2 Å². The van der Waals surface area contributed by atoms with Crippen molar-refractivity contribution in [1.29, 1.82) is 0 Å². The Labute approximate surface area is 154 Å². The van der Waals surface area contributed by atoms with Crippen LogP contribution in [0.15, 0.2) is 55.1 Å². The minimum atomic E-state index is -4.39. The van der Waals surface area contributed by atoms with Crippen LogP contribution in [0.3, 0.4) is 0 Å². The zero-order valence-corrected chi connectivity index (χ0v) is 14.5. The van der Waals surface area contributed by atoms with E-state index in [-0.39, 0.29) is 23.8 Å². The molecule has 0 saturated heterocycles. The zero-order chi connectivity index (χ0) is 19.6. The third-order valence-electron chi connectivity index (χ3n) is 4.18. The van der Waals surface area contributed by atoms with E-state index in [0.29, 0.717) is 17.9 Å². The Balaban J connectivity index is 1.80. The van der Waals surface area contributed by atoms with Crippen molar-refractivity contribution < 1.29 is 27.4 Å². The molecule has 2 aromatic rings. The Morgan fingerprint density at radius 2 is 1.89 bits per heavy atom. The molecule has 0 aliphatic carbocycles. The summed E-state index contributed by atoms with van der Waals surface area (Å²) in [7, 11) is 0. The fourth-order valence-electron chi connectivity index (χ4n) is 2.91. The normalized spacial score (nSPS) is 18.8. The van der Waals surface area contributed by atoms with E-state index in [4.69, 9.17) is 9.47 Å². The Kier molecular flexibility index (Phi) is 5.12. The lowest BCUT2D eigenvalue weighted by Crippen LogP contribution is -2.34. The average Bonchev–Trinajstić information content (AvgIpc) is 2.61. The van der Waals surface area contributed by atoms with E-state index < -0.39 is 11.7 Å². The Morgan fingerprint density at radius 1 is 1.22 bits per heavy atom. The van der Waals surface area contributed by atoms with Crippen molar-refractivity contribution in [2.45, 2.75) is 31.7 Å². The summed E-state index contributed by atoms with van der Waals surface area (Å²) >= 11 is 0. The second-order valence-corrected chi connectivity index (χ2v) is 6.25. The number of halogens is 3. The molecule has 27 heavy (non-hydrogen) atoms. The zero-order valence-electron chi connectivity index (χ0n) is 14.5. The summed E-state index contributed by atoms with van der Waals surface area (Å²) < 4.78 is 49.3. The number of amides is 1. The number of nitrogens with one attached hydrogen (secondary N) is 1. The van der Waals surface area contributed by atoms with Gasteiger partial charge in [0.25, 0.3) is 0 Å². The van der Waals surface area contributed by atoms with Gasteiger partial charge in [-0.1, -0.05) is 6.58 Å². The molecule has 0 radical (unpaired) electrons. The van der Waals surface area contributed by atoms with E-state index in [1.807, 2.05) is 6.92 Å². The largest absolute Gasteiger partial charge is 0.490 e. The van der Waals surface area contributed by atoms with Crippen molar-refractivity contribution in [2.75, 3.05) is 0 Å². The number of benzene rings is 2. The van der Waals surface area contributed by atoms with E-state index >= 15 is 0 Å². The van der Waals surface area contributed by atoms with Gasteiger partial charge in [0.2, 0.25) is 5.91 Å². The predicted octanol–water partition coefficient (Wildman–Crippen LogP) is 5.01. The fraction of sp³-hybridized carbons (Fsp3) is 0.250. The van der Waals surface area contributed by atoms with Gasteiger partial charge in [0.15, 0.2) is 0 Å². The quantitative estimate of drug-likeness (QED) is 0.762. The van der Waals surface area contributed by atoms with Gasteiger partial charge in [-0.2, -0.15) is 13.2 Å². The first-order valence-electron chi connectivity index (χ1n) is 8.35. The molecule has 1 amide bonds. The highest BCUT2D eigenvalue weighted by molar-refractivity contribution is 5.87. The molecular formula is C20H18F3NO3. The summed E-state index contributed by atoms with van der Waals surface area (Å²) in [4.78, 5) is 11.6. The highest BCUT2D eigenvalue weighted by atomic mass is 19.4. The van der Waals surface area contributed by atoms with E-state index in [1.165, 1.54) is 18.2 Å². The summed E-state index contributed by atoms with van der Waals surface area (Å²) in [6, 6.07) is 9.36. The lowest BCUT2D eigenvalue weighted by molar-refractivity contribution is -0.137. The Hall–Kier alpha value is -2.96. The number of carbonyl (C=O) groups excluding carboxylic acids is 1. The van der Waals surface area contributed by atoms with Crippen LogP contribution in [0.2, 0.25) is 0 Å². The van der Waals surface area contributed by atoms with Crippen molar-refractivity contribution in [3.05, 3.63) is 66.2 Å². The number of rotatable bonds is 4. The molecule has 1 N–H and O–H groups in total. The maximum Gasteiger partial charge on any atom is 0.416 e. The summed E-state index contributed by atoms with van der Waals surface area (Å²) in [5, 5.41) is 2.86. The highest BCUT2D eigenvalue weighted by Crippen LogP contribution is 2.38. The Bertz CT molecular complexity index is 847. The van der Waals surface area contributed by atoms with Gasteiger partial charge in [-0.3, -0.25) is 4.79 Å². The maximum absolute atomic E-state index is 12.6. The van der Waals surface area contributed by atoms with Gasteiger partial charge in [-0.15, -0.1) is 0 Å². The van der Waals surface area contributed by atoms with Gasteiger partial charge in [0, 0.05) is 18.1 Å². The minimum Gasteiger partial charge on any atom is -0.490 e. The standard InChI is InChI=1S/C20H18F3NO3/c1-3-19(25)24-17-10-12(2)26-18-11-15(8-9-16(17)18)27-14-6-4-13(5-7-14)20(21,22)23/h3-9,11-12,17H,1,10H2,2H3,(H,24,25)/t12-,17+/m1/s1. The van der Waals surface area contributed by atoms with Crippen LogP contribution in [-0.2, 0) is 11.0 Å². The molecule has 1 aliphatic rings. The lowest BCUT2D eigenvalue weighted by atomic mass is 9.97.